The first-order valence-electron chi connectivity index (χ1n) is 7.86. The number of sulfonamides is 1. The highest BCUT2D eigenvalue weighted by atomic mass is 35.5. The fourth-order valence-corrected chi connectivity index (χ4v) is 4.44. The molecule has 0 bridgehead atoms. The number of carbonyl (C=O) groups excluding carboxylic acids is 1. The number of nitrogens with two attached hydrogens (primary N) is 1. The van der Waals surface area contributed by atoms with Gasteiger partial charge in [0, 0.05) is 38.1 Å². The summed E-state index contributed by atoms with van der Waals surface area (Å²) >= 11 is 1.41. The molecule has 1 amide bonds. The molecule has 2 heterocycles. The van der Waals surface area contributed by atoms with E-state index in [4.69, 9.17) is 5.73 Å². The van der Waals surface area contributed by atoms with Crippen LogP contribution in [0.15, 0.2) is 28.5 Å². The van der Waals surface area contributed by atoms with E-state index in [-0.39, 0.29) is 23.2 Å². The molecule has 2 aromatic rings. The Kier molecular flexibility index (Phi) is 6.41. The number of benzene rings is 1. The van der Waals surface area contributed by atoms with E-state index in [0.717, 1.165) is 14.9 Å². The molecule has 10 heteroatoms. The third-order valence-electron chi connectivity index (χ3n) is 4.11. The average Bonchev–Trinajstić information content (AvgIpc) is 3.20. The maximum Gasteiger partial charge on any atom is 0.277 e. The molecular formula is C16H21ClN4O3S2. The maximum absolute atomic E-state index is 12.8. The van der Waals surface area contributed by atoms with Gasteiger partial charge in [-0.05, 0) is 30.7 Å². The van der Waals surface area contributed by atoms with Gasteiger partial charge in [-0.1, -0.05) is 6.07 Å². The molecule has 0 radical (unpaired) electrons. The van der Waals surface area contributed by atoms with Crippen LogP contribution < -0.4 is 10.6 Å². The summed E-state index contributed by atoms with van der Waals surface area (Å²) in [5.41, 5.74) is 7.50. The summed E-state index contributed by atoms with van der Waals surface area (Å²) in [6.45, 7) is 1.00. The summed E-state index contributed by atoms with van der Waals surface area (Å²) in [6, 6.07) is 4.94. The lowest BCUT2D eigenvalue weighted by Crippen LogP contribution is -2.29. The highest BCUT2D eigenvalue weighted by Crippen LogP contribution is 2.32. The van der Waals surface area contributed by atoms with Crippen LogP contribution in [0.4, 0.5) is 5.69 Å². The van der Waals surface area contributed by atoms with Crippen molar-refractivity contribution in [1.82, 2.24) is 9.29 Å². The van der Waals surface area contributed by atoms with E-state index in [1.807, 2.05) is 0 Å². The number of rotatable bonds is 5. The monoisotopic (exact) mass is 416 g/mol. The Balaban J connectivity index is 0.00000243. The second-order valence-electron chi connectivity index (χ2n) is 5.95. The molecule has 7 nitrogen and oxygen atoms in total. The molecule has 0 aliphatic carbocycles. The molecule has 0 fully saturated rings. The van der Waals surface area contributed by atoms with Crippen molar-refractivity contribution >= 4 is 45.4 Å². The quantitative estimate of drug-likeness (QED) is 0.797. The molecule has 0 spiro atoms. The van der Waals surface area contributed by atoms with Crippen molar-refractivity contribution in [1.29, 1.82) is 0 Å². The molecule has 1 aromatic carbocycles. The third kappa shape index (κ3) is 3.77. The van der Waals surface area contributed by atoms with Crippen molar-refractivity contribution in [2.75, 3.05) is 32.1 Å². The Morgan fingerprint density at radius 1 is 1.38 bits per heavy atom. The van der Waals surface area contributed by atoms with Crippen LogP contribution in [0, 0.1) is 0 Å². The molecule has 2 N–H and O–H groups in total. The predicted molar refractivity (Wildman–Crippen MR) is 105 cm³/mol. The van der Waals surface area contributed by atoms with Crippen LogP contribution in [0.3, 0.4) is 0 Å². The lowest BCUT2D eigenvalue weighted by molar-refractivity contribution is 0.0985. The summed E-state index contributed by atoms with van der Waals surface area (Å²) in [4.78, 5) is 18.9. The van der Waals surface area contributed by atoms with Gasteiger partial charge in [-0.15, -0.1) is 23.7 Å². The van der Waals surface area contributed by atoms with Gasteiger partial charge in [-0.2, -0.15) is 0 Å². The zero-order valence-corrected chi connectivity index (χ0v) is 17.0. The average molecular weight is 417 g/mol. The van der Waals surface area contributed by atoms with Gasteiger partial charge in [0.2, 0.25) is 10.0 Å². The van der Waals surface area contributed by atoms with Crippen LogP contribution in [0.5, 0.6) is 0 Å². The largest absolute Gasteiger partial charge is 0.330 e. The van der Waals surface area contributed by atoms with Crippen molar-refractivity contribution < 1.29 is 13.2 Å². The zero-order chi connectivity index (χ0) is 18.2. The molecule has 0 atom stereocenters. The number of nitrogens with zero attached hydrogens (tertiary/aromatic N) is 3. The van der Waals surface area contributed by atoms with Crippen LogP contribution in [-0.2, 0) is 22.9 Å². The van der Waals surface area contributed by atoms with Crippen LogP contribution in [0.2, 0.25) is 0 Å². The molecule has 0 saturated heterocycles. The van der Waals surface area contributed by atoms with Gasteiger partial charge in [-0.3, -0.25) is 4.79 Å². The fraction of sp³-hybridized carbons (Fsp3) is 0.375. The standard InChI is InChI=1S/C16H20N4O3S2.ClH/c1-19(2)25(22,23)12-4-3-11-6-8-20(14(11)9-12)16(21)13-10-24-15(18-13)5-7-17;/h3-4,9-10H,5-8,17H2,1-2H3;1H. The topological polar surface area (TPSA) is 96.6 Å². The predicted octanol–water partition coefficient (Wildman–Crippen LogP) is 1.52. The molecule has 26 heavy (non-hydrogen) atoms. The number of amides is 1. The molecule has 3 rings (SSSR count). The number of hydrogen-bond acceptors (Lipinski definition) is 6. The molecule has 1 aliphatic rings. The van der Waals surface area contributed by atoms with E-state index >= 15 is 0 Å². The van der Waals surface area contributed by atoms with Gasteiger partial charge in [0.25, 0.3) is 5.91 Å². The highest BCUT2D eigenvalue weighted by molar-refractivity contribution is 7.89. The van der Waals surface area contributed by atoms with Gasteiger partial charge in [0.1, 0.15) is 5.69 Å². The van der Waals surface area contributed by atoms with Gasteiger partial charge in [0.05, 0.1) is 9.90 Å². The van der Waals surface area contributed by atoms with Crippen LogP contribution in [-0.4, -0.2) is 50.8 Å². The van der Waals surface area contributed by atoms with E-state index in [1.54, 1.807) is 28.5 Å². The first-order chi connectivity index (χ1) is 11.8. The van der Waals surface area contributed by atoms with Gasteiger partial charge in [0.15, 0.2) is 0 Å². The first kappa shape index (κ1) is 20.8. The Bertz CT molecular complexity index is 912. The summed E-state index contributed by atoms with van der Waals surface area (Å²) in [6.07, 6.45) is 1.34. The Labute approximate surface area is 163 Å². The van der Waals surface area contributed by atoms with Crippen LogP contribution >= 0.6 is 23.7 Å². The SMILES string of the molecule is CN(C)S(=O)(=O)c1ccc2c(c1)N(C(=O)c1csc(CCN)n1)CC2.Cl. The minimum atomic E-state index is -3.55. The third-order valence-corrected chi connectivity index (χ3v) is 6.82. The molecule has 0 unspecified atom stereocenters. The molecular weight excluding hydrogens is 396 g/mol. The minimum Gasteiger partial charge on any atom is -0.330 e. The van der Waals surface area contributed by atoms with E-state index in [1.165, 1.54) is 25.4 Å². The van der Waals surface area contributed by atoms with Crippen LogP contribution in [0.1, 0.15) is 21.1 Å². The summed E-state index contributed by atoms with van der Waals surface area (Å²) in [5.74, 6) is -0.210. The first-order valence-corrected chi connectivity index (χ1v) is 10.2. The smallest absolute Gasteiger partial charge is 0.277 e. The second kappa shape index (κ2) is 8.01. The number of hydrogen-bond donors (Lipinski definition) is 1. The van der Waals surface area contributed by atoms with Crippen molar-refractivity contribution in [3.8, 4) is 0 Å². The Morgan fingerprint density at radius 3 is 2.77 bits per heavy atom. The number of halogens is 1. The summed E-state index contributed by atoms with van der Waals surface area (Å²) < 4.78 is 25.9. The minimum absolute atomic E-state index is 0. The number of carbonyl (C=O) groups is 1. The summed E-state index contributed by atoms with van der Waals surface area (Å²) in [7, 11) is -0.576. The number of thiazole rings is 1. The van der Waals surface area contributed by atoms with Crippen molar-refractivity contribution in [3.63, 3.8) is 0 Å². The zero-order valence-electron chi connectivity index (χ0n) is 14.5. The van der Waals surface area contributed by atoms with Gasteiger partial charge >= 0.3 is 0 Å². The van der Waals surface area contributed by atoms with E-state index in [2.05, 4.69) is 4.98 Å². The molecule has 1 aromatic heterocycles. The molecule has 1 aliphatic heterocycles. The molecule has 0 saturated carbocycles. The van der Waals surface area contributed by atoms with E-state index in [0.29, 0.717) is 37.3 Å². The number of aromatic nitrogens is 1. The van der Waals surface area contributed by atoms with Crippen LogP contribution in [0.25, 0.3) is 0 Å². The number of fused-ring (bicyclic) bond motifs is 1. The summed E-state index contributed by atoms with van der Waals surface area (Å²) in [5, 5.41) is 2.56. The second-order valence-corrected chi connectivity index (χ2v) is 9.04. The fourth-order valence-electron chi connectivity index (χ4n) is 2.73. The Morgan fingerprint density at radius 2 is 2.12 bits per heavy atom. The lowest BCUT2D eigenvalue weighted by Gasteiger charge is -2.18. The van der Waals surface area contributed by atoms with Gasteiger partial charge < -0.3 is 10.6 Å². The van der Waals surface area contributed by atoms with Crippen molar-refractivity contribution in [3.05, 3.63) is 39.8 Å². The molecule has 142 valence electrons. The normalized spacial score (nSPS) is 13.6. The Hall–Kier alpha value is -1.52. The van der Waals surface area contributed by atoms with E-state index in [9.17, 15) is 13.2 Å². The lowest BCUT2D eigenvalue weighted by atomic mass is 10.2. The highest BCUT2D eigenvalue weighted by Gasteiger charge is 2.29. The number of anilines is 1. The van der Waals surface area contributed by atoms with Crippen molar-refractivity contribution in [2.24, 2.45) is 5.73 Å². The van der Waals surface area contributed by atoms with E-state index < -0.39 is 10.0 Å². The van der Waals surface area contributed by atoms with Gasteiger partial charge in [-0.25, -0.2) is 17.7 Å². The van der Waals surface area contributed by atoms with Crippen molar-refractivity contribution in [2.45, 2.75) is 17.7 Å². The maximum atomic E-state index is 12.8.